The summed E-state index contributed by atoms with van der Waals surface area (Å²) in [5.74, 6) is -0.967. The van der Waals surface area contributed by atoms with Crippen molar-refractivity contribution in [3.63, 3.8) is 0 Å². The van der Waals surface area contributed by atoms with Crippen molar-refractivity contribution in [3.8, 4) is 0 Å². The number of ketones is 1. The van der Waals surface area contributed by atoms with Gasteiger partial charge in [0.15, 0.2) is 6.04 Å². The SMILES string of the molecule is CC(C)(C)c1nc2c(n1CCSc1ccccc1)C(C(C)(C)C)N(C(=O)O)C(C(=O)O)C2=O. The van der Waals surface area contributed by atoms with Crippen LogP contribution in [0.1, 0.15) is 69.6 Å². The molecule has 1 amide bonds. The molecule has 2 unspecified atom stereocenters. The van der Waals surface area contributed by atoms with Gasteiger partial charge in [-0.1, -0.05) is 59.7 Å². The summed E-state index contributed by atoms with van der Waals surface area (Å²) in [6.07, 6.45) is -1.44. The number of hydrogen-bond donors (Lipinski definition) is 2. The number of carbonyl (C=O) groups is 3. The van der Waals surface area contributed by atoms with Crippen LogP contribution in [-0.2, 0) is 16.8 Å². The third kappa shape index (κ3) is 4.78. The number of aliphatic carboxylic acids is 1. The van der Waals surface area contributed by atoms with Gasteiger partial charge in [-0.25, -0.2) is 14.6 Å². The lowest BCUT2D eigenvalue weighted by molar-refractivity contribution is -0.142. The highest BCUT2D eigenvalue weighted by Crippen LogP contribution is 2.45. The first-order chi connectivity index (χ1) is 15.2. The fourth-order valence-corrected chi connectivity index (χ4v) is 5.17. The van der Waals surface area contributed by atoms with E-state index in [-0.39, 0.29) is 5.69 Å². The summed E-state index contributed by atoms with van der Waals surface area (Å²) in [7, 11) is 0. The molecule has 0 saturated heterocycles. The van der Waals surface area contributed by atoms with Crippen molar-refractivity contribution in [1.82, 2.24) is 14.5 Å². The summed E-state index contributed by atoms with van der Waals surface area (Å²) >= 11 is 1.65. The molecule has 8 nitrogen and oxygen atoms in total. The second kappa shape index (κ2) is 8.85. The molecule has 0 spiro atoms. The van der Waals surface area contributed by atoms with E-state index in [0.29, 0.717) is 23.8 Å². The van der Waals surface area contributed by atoms with Crippen LogP contribution < -0.4 is 0 Å². The summed E-state index contributed by atoms with van der Waals surface area (Å²) < 4.78 is 1.94. The zero-order chi connectivity index (χ0) is 24.7. The highest BCUT2D eigenvalue weighted by Gasteiger charge is 2.53. The van der Waals surface area contributed by atoms with Crippen LogP contribution in [0.2, 0.25) is 0 Å². The lowest BCUT2D eigenvalue weighted by Crippen LogP contribution is -2.57. The number of benzene rings is 1. The smallest absolute Gasteiger partial charge is 0.409 e. The van der Waals surface area contributed by atoms with Crippen molar-refractivity contribution < 1.29 is 24.6 Å². The number of thioether (sulfide) groups is 1. The lowest BCUT2D eigenvalue weighted by Gasteiger charge is -2.44. The molecule has 1 aliphatic rings. The molecule has 0 saturated carbocycles. The Morgan fingerprint density at radius 3 is 2.15 bits per heavy atom. The minimum absolute atomic E-state index is 0.0643. The van der Waals surface area contributed by atoms with Crippen molar-refractivity contribution in [2.24, 2.45) is 5.41 Å². The van der Waals surface area contributed by atoms with E-state index in [2.05, 4.69) is 4.98 Å². The number of aromatic nitrogens is 2. The van der Waals surface area contributed by atoms with Gasteiger partial charge in [-0.05, 0) is 17.5 Å². The Morgan fingerprint density at radius 2 is 1.67 bits per heavy atom. The predicted octanol–water partition coefficient (Wildman–Crippen LogP) is 4.69. The maximum absolute atomic E-state index is 13.3. The largest absolute Gasteiger partial charge is 0.479 e. The van der Waals surface area contributed by atoms with Gasteiger partial charge in [0, 0.05) is 22.6 Å². The van der Waals surface area contributed by atoms with Gasteiger partial charge >= 0.3 is 12.1 Å². The quantitative estimate of drug-likeness (QED) is 0.478. The number of carbonyl (C=O) groups excluding carboxylic acids is 1. The molecule has 1 aromatic carbocycles. The fraction of sp³-hybridized carbons (Fsp3) is 0.500. The van der Waals surface area contributed by atoms with E-state index in [1.807, 2.05) is 76.4 Å². The Labute approximate surface area is 198 Å². The molecule has 0 fully saturated rings. The van der Waals surface area contributed by atoms with Crippen LogP contribution in [-0.4, -0.2) is 54.3 Å². The van der Waals surface area contributed by atoms with E-state index < -0.39 is 40.8 Å². The van der Waals surface area contributed by atoms with Crippen LogP contribution in [0.3, 0.4) is 0 Å². The Kier molecular flexibility index (Phi) is 6.66. The van der Waals surface area contributed by atoms with Gasteiger partial charge in [0.25, 0.3) is 0 Å². The first-order valence-electron chi connectivity index (χ1n) is 10.8. The van der Waals surface area contributed by atoms with Gasteiger partial charge in [0.05, 0.1) is 11.7 Å². The number of fused-ring (bicyclic) bond motifs is 1. The molecule has 9 heteroatoms. The lowest BCUT2D eigenvalue weighted by atomic mass is 9.78. The van der Waals surface area contributed by atoms with Crippen molar-refractivity contribution in [2.75, 3.05) is 5.75 Å². The number of rotatable bonds is 5. The number of carboxylic acids is 1. The summed E-state index contributed by atoms with van der Waals surface area (Å²) in [4.78, 5) is 44.1. The highest BCUT2D eigenvalue weighted by molar-refractivity contribution is 7.99. The molecule has 1 aromatic heterocycles. The topological polar surface area (TPSA) is 113 Å². The van der Waals surface area contributed by atoms with E-state index in [1.54, 1.807) is 11.8 Å². The number of carboxylic acid groups (broad SMARTS) is 2. The van der Waals surface area contributed by atoms with Crippen LogP contribution in [0.25, 0.3) is 0 Å². The summed E-state index contributed by atoms with van der Waals surface area (Å²) in [6.45, 7) is 12.0. The molecule has 178 valence electrons. The van der Waals surface area contributed by atoms with Crippen LogP contribution in [0.15, 0.2) is 35.2 Å². The maximum atomic E-state index is 13.3. The number of Topliss-reactive ketones (excluding diaryl/α,β-unsaturated/α-hetero) is 1. The summed E-state index contributed by atoms with van der Waals surface area (Å²) in [5.41, 5.74) is -0.578. The molecule has 0 aliphatic carbocycles. The van der Waals surface area contributed by atoms with Gasteiger partial charge < -0.3 is 14.8 Å². The summed E-state index contributed by atoms with van der Waals surface area (Å²) in [6, 6.07) is 7.24. The Balaban J connectivity index is 2.19. The molecule has 33 heavy (non-hydrogen) atoms. The summed E-state index contributed by atoms with van der Waals surface area (Å²) in [5, 5.41) is 19.8. The number of nitrogens with zero attached hydrogens (tertiary/aromatic N) is 3. The van der Waals surface area contributed by atoms with Gasteiger partial charge in [-0.3, -0.25) is 9.69 Å². The molecule has 3 rings (SSSR count). The van der Waals surface area contributed by atoms with Crippen LogP contribution >= 0.6 is 11.8 Å². The van der Waals surface area contributed by atoms with Gasteiger partial charge in [-0.15, -0.1) is 11.8 Å². The van der Waals surface area contributed by atoms with E-state index in [4.69, 9.17) is 0 Å². The Morgan fingerprint density at radius 1 is 1.06 bits per heavy atom. The Bertz CT molecular complexity index is 1070. The zero-order valence-corrected chi connectivity index (χ0v) is 20.6. The predicted molar refractivity (Wildman–Crippen MR) is 126 cm³/mol. The molecular formula is C24H31N3O5S. The molecule has 2 atom stereocenters. The second-order valence-electron chi connectivity index (χ2n) is 10.3. The van der Waals surface area contributed by atoms with Crippen molar-refractivity contribution in [3.05, 3.63) is 47.5 Å². The molecular weight excluding hydrogens is 442 g/mol. The zero-order valence-electron chi connectivity index (χ0n) is 19.8. The molecule has 2 N–H and O–H groups in total. The van der Waals surface area contributed by atoms with E-state index in [9.17, 15) is 24.6 Å². The monoisotopic (exact) mass is 473 g/mol. The Hall–Kier alpha value is -2.81. The van der Waals surface area contributed by atoms with Crippen molar-refractivity contribution >= 4 is 29.6 Å². The maximum Gasteiger partial charge on any atom is 0.409 e. The minimum atomic E-state index is -1.82. The standard InChI is InChI=1S/C24H31N3O5S/c1-23(2,3)19-16-15(18(28)17(20(29)30)27(19)22(31)32)25-21(24(4,5)6)26(16)12-13-33-14-10-8-7-9-11-14/h7-11,17,19H,12-13H2,1-6H3,(H,29,30)(H,31,32). The van der Waals surface area contributed by atoms with E-state index >= 15 is 0 Å². The average Bonchev–Trinajstić information content (AvgIpc) is 3.07. The molecule has 2 heterocycles. The van der Waals surface area contributed by atoms with Gasteiger partial charge in [0.2, 0.25) is 5.78 Å². The number of amides is 1. The molecule has 0 bridgehead atoms. The number of hydrogen-bond acceptors (Lipinski definition) is 5. The first-order valence-corrected chi connectivity index (χ1v) is 11.8. The van der Waals surface area contributed by atoms with Crippen molar-refractivity contribution in [1.29, 1.82) is 0 Å². The van der Waals surface area contributed by atoms with Crippen LogP contribution in [0.5, 0.6) is 0 Å². The third-order valence-corrected chi connectivity index (χ3v) is 6.57. The normalized spacial score (nSPS) is 18.8. The van der Waals surface area contributed by atoms with Gasteiger partial charge in [-0.2, -0.15) is 0 Å². The van der Waals surface area contributed by atoms with Crippen LogP contribution in [0.4, 0.5) is 4.79 Å². The molecule has 0 radical (unpaired) electrons. The highest BCUT2D eigenvalue weighted by atomic mass is 32.2. The van der Waals surface area contributed by atoms with E-state index in [0.717, 1.165) is 9.80 Å². The first kappa shape index (κ1) is 24.8. The van der Waals surface area contributed by atoms with Gasteiger partial charge in [0.1, 0.15) is 11.5 Å². The average molecular weight is 474 g/mol. The van der Waals surface area contributed by atoms with Crippen LogP contribution in [0, 0.1) is 5.41 Å². The number of imidazole rings is 1. The molecule has 1 aliphatic heterocycles. The molecule has 2 aromatic rings. The minimum Gasteiger partial charge on any atom is -0.479 e. The van der Waals surface area contributed by atoms with Crippen molar-refractivity contribution in [2.45, 2.75) is 70.5 Å². The second-order valence-corrected chi connectivity index (χ2v) is 11.5. The fourth-order valence-electron chi connectivity index (χ4n) is 4.31. The third-order valence-electron chi connectivity index (χ3n) is 5.58. The van der Waals surface area contributed by atoms with E-state index in [1.165, 1.54) is 0 Å².